The predicted octanol–water partition coefficient (Wildman–Crippen LogP) is 3.78. The Hall–Kier alpha value is -2.22. The first kappa shape index (κ1) is 21.6. The van der Waals surface area contributed by atoms with E-state index in [-0.39, 0.29) is 17.4 Å². The van der Waals surface area contributed by atoms with Gasteiger partial charge in [-0.2, -0.15) is 4.31 Å². The Morgan fingerprint density at radius 3 is 2.41 bits per heavy atom. The first-order valence-corrected chi connectivity index (χ1v) is 12.9. The van der Waals surface area contributed by atoms with Crippen molar-refractivity contribution in [3.05, 3.63) is 71.3 Å². The van der Waals surface area contributed by atoms with E-state index in [2.05, 4.69) is 0 Å². The summed E-state index contributed by atoms with van der Waals surface area (Å²) in [6.45, 7) is 5.49. The summed E-state index contributed by atoms with van der Waals surface area (Å²) in [4.78, 5) is 14.9. The molecule has 170 valence electrons. The van der Waals surface area contributed by atoms with Crippen molar-refractivity contribution in [3.63, 3.8) is 0 Å². The third-order valence-corrected chi connectivity index (χ3v) is 9.70. The summed E-state index contributed by atoms with van der Waals surface area (Å²) in [5.74, 6) is 0.0442. The summed E-state index contributed by atoms with van der Waals surface area (Å²) in [5, 5.41) is -0.501. The topological polar surface area (TPSA) is 66.9 Å². The number of ether oxygens (including phenoxy) is 1. The normalized spacial score (nSPS) is 25.4. The number of carbonyl (C=O) groups is 1. The average molecular weight is 455 g/mol. The van der Waals surface area contributed by atoms with Crippen LogP contribution in [0.25, 0.3) is 0 Å². The number of carbonyl (C=O) groups excluding carboxylic acids is 1. The van der Waals surface area contributed by atoms with E-state index in [1.54, 1.807) is 4.31 Å². The zero-order chi connectivity index (χ0) is 22.3. The predicted molar refractivity (Wildman–Crippen MR) is 123 cm³/mol. The highest BCUT2D eigenvalue weighted by molar-refractivity contribution is 7.89. The van der Waals surface area contributed by atoms with Gasteiger partial charge in [-0.1, -0.05) is 42.5 Å². The van der Waals surface area contributed by atoms with E-state index in [1.165, 1.54) is 0 Å². The lowest BCUT2D eigenvalue weighted by Gasteiger charge is -2.37. The van der Waals surface area contributed by atoms with Crippen molar-refractivity contribution in [2.45, 2.75) is 37.5 Å². The quantitative estimate of drug-likeness (QED) is 0.705. The van der Waals surface area contributed by atoms with Crippen molar-refractivity contribution >= 4 is 15.9 Å². The van der Waals surface area contributed by atoms with Crippen LogP contribution in [0.4, 0.5) is 0 Å². The van der Waals surface area contributed by atoms with Crippen LogP contribution >= 0.6 is 0 Å². The highest BCUT2D eigenvalue weighted by atomic mass is 32.2. The summed E-state index contributed by atoms with van der Waals surface area (Å²) in [6.07, 6.45) is 2.48. The fourth-order valence-electron chi connectivity index (χ4n) is 5.28. The average Bonchev–Trinajstić information content (AvgIpc) is 3.25. The molecule has 1 spiro atoms. The third-order valence-electron chi connectivity index (χ3n) is 7.32. The highest BCUT2D eigenvalue weighted by Crippen LogP contribution is 2.40. The second-order valence-electron chi connectivity index (χ2n) is 9.46. The summed E-state index contributed by atoms with van der Waals surface area (Å²) in [6, 6.07) is 16.7. The molecule has 2 unspecified atom stereocenters. The number of hydrogen-bond donors (Lipinski definition) is 0. The molecule has 2 atom stereocenters. The molecule has 0 aliphatic carbocycles. The van der Waals surface area contributed by atoms with Crippen LogP contribution in [-0.2, 0) is 14.8 Å². The van der Waals surface area contributed by atoms with Gasteiger partial charge in [0, 0.05) is 36.7 Å². The molecule has 2 aromatic rings. The molecule has 3 heterocycles. The van der Waals surface area contributed by atoms with E-state index >= 15 is 0 Å². The van der Waals surface area contributed by atoms with Crippen LogP contribution in [0.2, 0.25) is 0 Å². The molecule has 1 amide bonds. The van der Waals surface area contributed by atoms with Crippen LogP contribution in [0.5, 0.6) is 0 Å². The minimum Gasteiger partial charge on any atom is -0.380 e. The van der Waals surface area contributed by atoms with Gasteiger partial charge < -0.3 is 9.64 Å². The number of hydrogen-bond acceptors (Lipinski definition) is 4. The Morgan fingerprint density at radius 2 is 1.78 bits per heavy atom. The Kier molecular flexibility index (Phi) is 5.60. The van der Waals surface area contributed by atoms with Gasteiger partial charge in [0.05, 0.1) is 13.2 Å². The molecule has 3 aliphatic heterocycles. The summed E-state index contributed by atoms with van der Waals surface area (Å²) in [7, 11) is -3.47. The van der Waals surface area contributed by atoms with Gasteiger partial charge in [-0.25, -0.2) is 8.42 Å². The molecular weight excluding hydrogens is 424 g/mol. The van der Waals surface area contributed by atoms with Gasteiger partial charge in [0.15, 0.2) is 0 Å². The fraction of sp³-hybridized carbons (Fsp3) is 0.480. The molecule has 7 heteroatoms. The Morgan fingerprint density at radius 1 is 1.06 bits per heavy atom. The molecule has 0 N–H and O–H groups in total. The van der Waals surface area contributed by atoms with E-state index in [0.717, 1.165) is 50.3 Å². The van der Waals surface area contributed by atoms with Crippen molar-refractivity contribution < 1.29 is 17.9 Å². The first-order valence-electron chi connectivity index (χ1n) is 11.4. The minimum atomic E-state index is -3.47. The number of nitrogens with zero attached hydrogens (tertiary/aromatic N) is 2. The Labute approximate surface area is 190 Å². The van der Waals surface area contributed by atoms with Gasteiger partial charge in [0.2, 0.25) is 10.0 Å². The monoisotopic (exact) mass is 454 g/mol. The maximum atomic E-state index is 13.4. The molecule has 0 radical (unpaired) electrons. The highest BCUT2D eigenvalue weighted by Gasteiger charge is 2.46. The van der Waals surface area contributed by atoms with Crippen LogP contribution in [-0.4, -0.2) is 56.4 Å². The van der Waals surface area contributed by atoms with Crippen LogP contribution in [0.15, 0.2) is 54.6 Å². The van der Waals surface area contributed by atoms with Gasteiger partial charge in [-0.3, -0.25) is 4.79 Å². The number of likely N-dealkylation sites (tertiary alicyclic amines) is 1. The maximum Gasteiger partial charge on any atom is 0.253 e. The first-order chi connectivity index (χ1) is 15.4. The molecule has 5 rings (SSSR count). The fourth-order valence-corrected chi connectivity index (χ4v) is 7.52. The molecule has 0 bridgehead atoms. The third kappa shape index (κ3) is 3.76. The Balaban J connectivity index is 1.31. The van der Waals surface area contributed by atoms with Gasteiger partial charge in [0.25, 0.3) is 5.91 Å². The van der Waals surface area contributed by atoms with Crippen molar-refractivity contribution in [1.82, 2.24) is 9.21 Å². The molecule has 32 heavy (non-hydrogen) atoms. The standard InChI is InChI=1S/C25H30N2O4S/c1-19(27-14-5-8-23(32(27,29)30)21-6-3-2-4-7-21)20-9-11-22(12-10-20)24(28)26-15-13-25(16-26)17-31-18-25/h2-4,6-7,9-12,19,23H,5,8,13-18H2,1H3. The van der Waals surface area contributed by atoms with Gasteiger partial charge >= 0.3 is 0 Å². The van der Waals surface area contributed by atoms with Crippen LogP contribution in [0, 0.1) is 5.41 Å². The molecule has 2 aromatic carbocycles. The van der Waals surface area contributed by atoms with Crippen molar-refractivity contribution in [1.29, 1.82) is 0 Å². The van der Waals surface area contributed by atoms with Crippen LogP contribution in [0.1, 0.15) is 59.0 Å². The SMILES string of the molecule is CC(c1ccc(C(=O)N2CCC3(COC3)C2)cc1)N1CCCC(c2ccccc2)S1(=O)=O. The van der Waals surface area contributed by atoms with E-state index < -0.39 is 15.3 Å². The number of benzene rings is 2. The Bertz CT molecular complexity index is 1080. The van der Waals surface area contributed by atoms with Crippen molar-refractivity contribution in [2.75, 3.05) is 32.8 Å². The van der Waals surface area contributed by atoms with Crippen LogP contribution in [0.3, 0.4) is 0 Å². The maximum absolute atomic E-state index is 13.4. The van der Waals surface area contributed by atoms with E-state index in [1.807, 2.05) is 66.4 Å². The largest absolute Gasteiger partial charge is 0.380 e. The smallest absolute Gasteiger partial charge is 0.253 e. The van der Waals surface area contributed by atoms with Crippen LogP contribution < -0.4 is 0 Å². The molecule has 3 fully saturated rings. The molecular formula is C25H30N2O4S. The minimum absolute atomic E-state index is 0.0442. The number of amides is 1. The summed E-state index contributed by atoms with van der Waals surface area (Å²) < 4.78 is 33.8. The van der Waals surface area contributed by atoms with Gasteiger partial charge in [-0.15, -0.1) is 0 Å². The zero-order valence-electron chi connectivity index (χ0n) is 18.4. The summed E-state index contributed by atoms with van der Waals surface area (Å²) in [5.41, 5.74) is 2.58. The number of rotatable bonds is 4. The molecule has 0 saturated carbocycles. The van der Waals surface area contributed by atoms with Crippen molar-refractivity contribution in [2.24, 2.45) is 5.41 Å². The molecule has 3 aliphatic rings. The second-order valence-corrected chi connectivity index (χ2v) is 11.5. The lowest BCUT2D eigenvalue weighted by Crippen LogP contribution is -2.45. The van der Waals surface area contributed by atoms with E-state index in [0.29, 0.717) is 18.5 Å². The van der Waals surface area contributed by atoms with E-state index in [4.69, 9.17) is 4.74 Å². The molecule has 0 aromatic heterocycles. The lowest BCUT2D eigenvalue weighted by atomic mass is 9.85. The zero-order valence-corrected chi connectivity index (χ0v) is 19.3. The van der Waals surface area contributed by atoms with E-state index in [9.17, 15) is 13.2 Å². The van der Waals surface area contributed by atoms with Gasteiger partial charge in [0.1, 0.15) is 5.25 Å². The second kappa shape index (κ2) is 8.28. The summed E-state index contributed by atoms with van der Waals surface area (Å²) >= 11 is 0. The lowest BCUT2D eigenvalue weighted by molar-refractivity contribution is -0.103. The molecule has 3 saturated heterocycles. The van der Waals surface area contributed by atoms with Gasteiger partial charge in [-0.05, 0) is 49.4 Å². The molecule has 6 nitrogen and oxygen atoms in total. The number of sulfonamides is 1. The van der Waals surface area contributed by atoms with Crippen molar-refractivity contribution in [3.8, 4) is 0 Å².